The molecule has 4 heteroatoms. The van der Waals surface area contributed by atoms with Crippen LogP contribution in [0.15, 0.2) is 17.3 Å². The molecule has 0 fully saturated rings. The standard InChI is InChI=1S/C7H10N2O2/c1-2-11-7(10)9-5-3-4-8-6-9/h3-5H,2,6H2,1H3. The number of nitrogens with zero attached hydrogens (tertiary/aromatic N) is 2. The smallest absolute Gasteiger partial charge is 0.415 e. The minimum atomic E-state index is -0.347. The second-order valence-corrected chi connectivity index (χ2v) is 1.98. The molecule has 0 aliphatic carbocycles. The summed E-state index contributed by atoms with van der Waals surface area (Å²) in [5.41, 5.74) is 0. The first-order valence-electron chi connectivity index (χ1n) is 3.44. The van der Waals surface area contributed by atoms with Crippen LogP contribution in [0.1, 0.15) is 6.92 Å². The molecule has 60 valence electrons. The lowest BCUT2D eigenvalue weighted by Gasteiger charge is -2.16. The molecule has 0 saturated carbocycles. The fourth-order valence-corrected chi connectivity index (χ4v) is 0.710. The van der Waals surface area contributed by atoms with E-state index in [9.17, 15) is 4.79 Å². The predicted octanol–water partition coefficient (Wildman–Crippen LogP) is 1.00. The van der Waals surface area contributed by atoms with E-state index in [4.69, 9.17) is 4.74 Å². The number of aliphatic imine (C=N–C) groups is 1. The van der Waals surface area contributed by atoms with Crippen LogP contribution in [-0.2, 0) is 4.74 Å². The molecule has 0 unspecified atom stereocenters. The minimum Gasteiger partial charge on any atom is -0.449 e. The molecule has 0 N–H and O–H groups in total. The van der Waals surface area contributed by atoms with Crippen molar-refractivity contribution in [2.45, 2.75) is 6.92 Å². The van der Waals surface area contributed by atoms with Crippen molar-refractivity contribution in [1.29, 1.82) is 0 Å². The Kier molecular flexibility index (Phi) is 2.66. The van der Waals surface area contributed by atoms with E-state index in [1.807, 2.05) is 0 Å². The second kappa shape index (κ2) is 3.75. The molecule has 0 radical (unpaired) electrons. The number of amides is 1. The highest BCUT2D eigenvalue weighted by Crippen LogP contribution is 1.98. The molecule has 1 amide bonds. The molecule has 1 aliphatic rings. The molecule has 1 aliphatic heterocycles. The predicted molar refractivity (Wildman–Crippen MR) is 41.4 cm³/mol. The molecule has 0 spiro atoms. The summed E-state index contributed by atoms with van der Waals surface area (Å²) in [4.78, 5) is 16.3. The summed E-state index contributed by atoms with van der Waals surface area (Å²) in [6.45, 7) is 2.52. The summed E-state index contributed by atoms with van der Waals surface area (Å²) < 4.78 is 4.74. The third-order valence-corrected chi connectivity index (χ3v) is 1.19. The fraction of sp³-hybridized carbons (Fsp3) is 0.429. The molecular weight excluding hydrogens is 144 g/mol. The normalized spacial score (nSPS) is 15.2. The Labute approximate surface area is 65.2 Å². The summed E-state index contributed by atoms with van der Waals surface area (Å²) in [5.74, 6) is 0. The zero-order valence-electron chi connectivity index (χ0n) is 6.36. The largest absolute Gasteiger partial charge is 0.449 e. The molecule has 0 atom stereocenters. The average molecular weight is 154 g/mol. The summed E-state index contributed by atoms with van der Waals surface area (Å²) >= 11 is 0. The van der Waals surface area contributed by atoms with E-state index in [1.165, 1.54) is 4.90 Å². The lowest BCUT2D eigenvalue weighted by molar-refractivity contribution is 0.123. The Morgan fingerprint density at radius 1 is 1.82 bits per heavy atom. The van der Waals surface area contributed by atoms with Gasteiger partial charge in [-0.1, -0.05) is 0 Å². The molecule has 0 aromatic heterocycles. The molecule has 0 aromatic carbocycles. The topological polar surface area (TPSA) is 41.9 Å². The number of hydrogen-bond donors (Lipinski definition) is 0. The summed E-state index contributed by atoms with van der Waals surface area (Å²) in [6, 6.07) is 0. The van der Waals surface area contributed by atoms with Crippen molar-refractivity contribution in [2.75, 3.05) is 13.3 Å². The number of allylic oxidation sites excluding steroid dienone is 1. The van der Waals surface area contributed by atoms with Crippen LogP contribution in [0.4, 0.5) is 4.79 Å². The molecule has 0 aromatic rings. The van der Waals surface area contributed by atoms with Crippen molar-refractivity contribution in [2.24, 2.45) is 4.99 Å². The minimum absolute atomic E-state index is 0.347. The summed E-state index contributed by atoms with van der Waals surface area (Å²) in [5, 5.41) is 0. The molecule has 11 heavy (non-hydrogen) atoms. The Bertz CT molecular complexity index is 199. The number of rotatable bonds is 1. The monoisotopic (exact) mass is 154 g/mol. The van der Waals surface area contributed by atoms with Gasteiger partial charge < -0.3 is 4.74 Å². The number of hydrogen-bond acceptors (Lipinski definition) is 3. The summed E-state index contributed by atoms with van der Waals surface area (Å²) in [7, 11) is 0. The van der Waals surface area contributed by atoms with Crippen molar-refractivity contribution in [3.8, 4) is 0 Å². The van der Waals surface area contributed by atoms with Gasteiger partial charge in [0.25, 0.3) is 0 Å². The lowest BCUT2D eigenvalue weighted by Crippen LogP contribution is -2.28. The first-order valence-corrected chi connectivity index (χ1v) is 3.44. The Hall–Kier alpha value is -1.32. The van der Waals surface area contributed by atoms with Crippen LogP contribution in [0.25, 0.3) is 0 Å². The quantitative estimate of drug-likeness (QED) is 0.565. The van der Waals surface area contributed by atoms with Crippen LogP contribution in [0.3, 0.4) is 0 Å². The zero-order chi connectivity index (χ0) is 8.10. The SMILES string of the molecule is CCOC(=O)N1C=CC=NC1. The average Bonchev–Trinajstić information content (AvgIpc) is 2.07. The van der Waals surface area contributed by atoms with Crippen LogP contribution in [0.2, 0.25) is 0 Å². The molecular formula is C7H10N2O2. The van der Waals surface area contributed by atoms with Gasteiger partial charge in [-0.05, 0) is 13.0 Å². The van der Waals surface area contributed by atoms with E-state index in [2.05, 4.69) is 4.99 Å². The highest BCUT2D eigenvalue weighted by molar-refractivity contribution is 5.76. The van der Waals surface area contributed by atoms with Gasteiger partial charge in [0.05, 0.1) is 6.61 Å². The van der Waals surface area contributed by atoms with Crippen LogP contribution >= 0.6 is 0 Å². The first-order chi connectivity index (χ1) is 5.34. The van der Waals surface area contributed by atoms with Crippen molar-refractivity contribution < 1.29 is 9.53 Å². The molecule has 1 heterocycles. The Morgan fingerprint density at radius 2 is 2.64 bits per heavy atom. The maximum Gasteiger partial charge on any atom is 0.415 e. The van der Waals surface area contributed by atoms with Crippen molar-refractivity contribution in [3.63, 3.8) is 0 Å². The van der Waals surface area contributed by atoms with Gasteiger partial charge in [-0.3, -0.25) is 9.89 Å². The van der Waals surface area contributed by atoms with Crippen LogP contribution in [0, 0.1) is 0 Å². The Balaban J connectivity index is 2.42. The van der Waals surface area contributed by atoms with Gasteiger partial charge in [0, 0.05) is 12.4 Å². The highest BCUT2D eigenvalue weighted by Gasteiger charge is 2.10. The van der Waals surface area contributed by atoms with E-state index in [0.29, 0.717) is 13.3 Å². The van der Waals surface area contributed by atoms with Crippen LogP contribution in [0.5, 0.6) is 0 Å². The number of carbonyl (C=O) groups is 1. The van der Waals surface area contributed by atoms with E-state index in [-0.39, 0.29) is 6.09 Å². The van der Waals surface area contributed by atoms with Gasteiger partial charge in [-0.2, -0.15) is 0 Å². The lowest BCUT2D eigenvalue weighted by atomic mass is 10.5. The van der Waals surface area contributed by atoms with Gasteiger partial charge in [0.1, 0.15) is 6.67 Å². The van der Waals surface area contributed by atoms with E-state index in [1.54, 1.807) is 25.4 Å². The second-order valence-electron chi connectivity index (χ2n) is 1.98. The molecule has 0 bridgehead atoms. The van der Waals surface area contributed by atoms with Crippen LogP contribution in [-0.4, -0.2) is 30.5 Å². The van der Waals surface area contributed by atoms with E-state index >= 15 is 0 Å². The third-order valence-electron chi connectivity index (χ3n) is 1.19. The van der Waals surface area contributed by atoms with Gasteiger partial charge in [0.2, 0.25) is 0 Å². The van der Waals surface area contributed by atoms with Crippen molar-refractivity contribution >= 4 is 12.3 Å². The van der Waals surface area contributed by atoms with Gasteiger partial charge >= 0.3 is 6.09 Å². The zero-order valence-corrected chi connectivity index (χ0v) is 6.36. The maximum absolute atomic E-state index is 11.0. The van der Waals surface area contributed by atoms with Crippen molar-refractivity contribution in [1.82, 2.24) is 4.90 Å². The van der Waals surface area contributed by atoms with E-state index in [0.717, 1.165) is 0 Å². The fourth-order valence-electron chi connectivity index (χ4n) is 0.710. The van der Waals surface area contributed by atoms with Crippen molar-refractivity contribution in [3.05, 3.63) is 12.3 Å². The van der Waals surface area contributed by atoms with Gasteiger partial charge in [0.15, 0.2) is 0 Å². The maximum atomic E-state index is 11.0. The number of ether oxygens (including phenoxy) is 1. The van der Waals surface area contributed by atoms with Gasteiger partial charge in [-0.25, -0.2) is 4.79 Å². The number of carbonyl (C=O) groups excluding carboxylic acids is 1. The Morgan fingerprint density at radius 3 is 3.18 bits per heavy atom. The molecule has 1 rings (SSSR count). The molecule has 4 nitrogen and oxygen atoms in total. The van der Waals surface area contributed by atoms with Crippen LogP contribution < -0.4 is 0 Å². The summed E-state index contributed by atoms with van der Waals surface area (Å²) in [6.07, 6.45) is 4.64. The highest BCUT2D eigenvalue weighted by atomic mass is 16.6. The molecule has 0 saturated heterocycles. The van der Waals surface area contributed by atoms with Gasteiger partial charge in [-0.15, -0.1) is 0 Å². The first kappa shape index (κ1) is 7.78. The third kappa shape index (κ3) is 2.07. The van der Waals surface area contributed by atoms with E-state index < -0.39 is 0 Å².